The van der Waals surface area contributed by atoms with Crippen LogP contribution in [-0.2, 0) is 0 Å². The van der Waals surface area contributed by atoms with Crippen LogP contribution in [0.3, 0.4) is 0 Å². The van der Waals surface area contributed by atoms with E-state index in [4.69, 9.17) is 14.4 Å². The van der Waals surface area contributed by atoms with Gasteiger partial charge in [0.15, 0.2) is 0 Å². The van der Waals surface area contributed by atoms with Crippen LogP contribution in [0.1, 0.15) is 0 Å². The van der Waals surface area contributed by atoms with Crippen molar-refractivity contribution in [3.05, 3.63) is 90.8 Å². The Labute approximate surface area is 164 Å². The van der Waals surface area contributed by atoms with E-state index in [1.54, 1.807) is 30.5 Å². The zero-order valence-corrected chi connectivity index (χ0v) is 15.0. The highest BCUT2D eigenvalue weighted by atomic mass is 19.1. The summed E-state index contributed by atoms with van der Waals surface area (Å²) in [4.78, 5) is 13.7. The van der Waals surface area contributed by atoms with Gasteiger partial charge in [0, 0.05) is 16.7 Å². The van der Waals surface area contributed by atoms with Gasteiger partial charge in [-0.3, -0.25) is 0 Å². The van der Waals surface area contributed by atoms with Crippen molar-refractivity contribution < 1.29 is 13.2 Å². The van der Waals surface area contributed by atoms with Gasteiger partial charge in [-0.25, -0.2) is 23.7 Å². The predicted octanol–water partition coefficient (Wildman–Crippen LogP) is 5.90. The number of aromatic nitrogens is 3. The van der Waals surface area contributed by atoms with Gasteiger partial charge in [0.2, 0.25) is 5.89 Å². The van der Waals surface area contributed by atoms with Gasteiger partial charge in [-0.15, -0.1) is 0 Å². The van der Waals surface area contributed by atoms with E-state index in [2.05, 4.69) is 4.98 Å². The third-order valence-corrected chi connectivity index (χ3v) is 4.58. The largest absolute Gasteiger partial charge is 0.445 e. The summed E-state index contributed by atoms with van der Waals surface area (Å²) in [5, 5.41) is 0. The fraction of sp³-hybridized carbons (Fsp3) is 0. The van der Waals surface area contributed by atoms with Gasteiger partial charge in [0.1, 0.15) is 17.9 Å². The Kier molecular flexibility index (Phi) is 4.09. The number of halogens is 2. The van der Waals surface area contributed by atoms with E-state index in [1.165, 1.54) is 30.5 Å². The van der Waals surface area contributed by atoms with Gasteiger partial charge in [-0.2, -0.15) is 0 Å². The summed E-state index contributed by atoms with van der Waals surface area (Å²) < 4.78 is 32.2. The second kappa shape index (κ2) is 6.91. The summed E-state index contributed by atoms with van der Waals surface area (Å²) in [6, 6.07) is 17.6. The Morgan fingerprint density at radius 2 is 1.17 bits per heavy atom. The molecule has 0 aliphatic heterocycles. The van der Waals surface area contributed by atoms with Crippen molar-refractivity contribution in [1.29, 1.82) is 0 Å². The Balaban J connectivity index is 1.75. The van der Waals surface area contributed by atoms with Gasteiger partial charge in [0.25, 0.3) is 0 Å². The number of rotatable bonds is 3. The summed E-state index contributed by atoms with van der Waals surface area (Å²) in [6.45, 7) is 0. The molecule has 4 nitrogen and oxygen atoms in total. The maximum absolute atomic E-state index is 13.4. The van der Waals surface area contributed by atoms with Crippen molar-refractivity contribution in [1.82, 2.24) is 15.0 Å². The Bertz CT molecular complexity index is 1300. The smallest absolute Gasteiger partial charge is 0.225 e. The van der Waals surface area contributed by atoms with Crippen molar-refractivity contribution in [2.75, 3.05) is 0 Å². The molecule has 2 heterocycles. The first-order chi connectivity index (χ1) is 14.2. The van der Waals surface area contributed by atoms with E-state index in [0.29, 0.717) is 33.9 Å². The molecule has 0 radical (unpaired) electrons. The average Bonchev–Trinajstić information content (AvgIpc) is 3.29. The highest BCUT2D eigenvalue weighted by Gasteiger charge is 2.15. The molecule has 0 spiro atoms. The van der Waals surface area contributed by atoms with E-state index in [0.717, 1.165) is 11.1 Å². The summed E-state index contributed by atoms with van der Waals surface area (Å²) >= 11 is 0. The minimum atomic E-state index is -0.336. The zero-order valence-electron chi connectivity index (χ0n) is 15.0. The molecule has 0 bridgehead atoms. The Morgan fingerprint density at radius 1 is 0.621 bits per heavy atom. The van der Waals surface area contributed by atoms with Crippen LogP contribution in [0.2, 0.25) is 0 Å². The zero-order chi connectivity index (χ0) is 19.8. The fourth-order valence-electron chi connectivity index (χ4n) is 3.17. The van der Waals surface area contributed by atoms with Gasteiger partial charge >= 0.3 is 0 Å². The van der Waals surface area contributed by atoms with Crippen LogP contribution in [0.15, 0.2) is 83.6 Å². The molecule has 2 aromatic heterocycles. The van der Waals surface area contributed by atoms with Crippen LogP contribution in [0, 0.1) is 11.6 Å². The lowest BCUT2D eigenvalue weighted by atomic mass is 10.0. The predicted molar refractivity (Wildman–Crippen MR) is 106 cm³/mol. The van der Waals surface area contributed by atoms with E-state index in [1.807, 2.05) is 18.2 Å². The molecule has 0 aliphatic rings. The molecule has 0 aliphatic carbocycles. The Hall–Kier alpha value is -3.93. The minimum absolute atomic E-state index is 0.332. The van der Waals surface area contributed by atoms with Gasteiger partial charge in [-0.1, -0.05) is 0 Å². The lowest BCUT2D eigenvalue weighted by molar-refractivity contribution is 0.574. The van der Waals surface area contributed by atoms with Crippen LogP contribution < -0.4 is 0 Å². The molecule has 5 aromatic rings. The number of benzene rings is 3. The third-order valence-electron chi connectivity index (χ3n) is 4.58. The number of hydrogen-bond acceptors (Lipinski definition) is 4. The monoisotopic (exact) mass is 385 g/mol. The third kappa shape index (κ3) is 3.25. The topological polar surface area (TPSA) is 51.8 Å². The molecule has 0 saturated heterocycles. The number of oxazole rings is 1. The quantitative estimate of drug-likeness (QED) is 0.388. The normalized spacial score (nSPS) is 11.1. The minimum Gasteiger partial charge on any atom is -0.445 e. The number of fused-ring (bicyclic) bond motifs is 1. The molecule has 140 valence electrons. The summed E-state index contributed by atoms with van der Waals surface area (Å²) in [7, 11) is 0. The highest BCUT2D eigenvalue weighted by Crippen LogP contribution is 2.32. The van der Waals surface area contributed by atoms with Gasteiger partial charge < -0.3 is 4.42 Å². The molecule has 6 heteroatoms. The van der Waals surface area contributed by atoms with E-state index in [9.17, 15) is 8.78 Å². The summed E-state index contributed by atoms with van der Waals surface area (Å²) in [5.41, 5.74) is 4.69. The van der Waals surface area contributed by atoms with E-state index in [-0.39, 0.29) is 11.6 Å². The highest BCUT2D eigenvalue weighted by molar-refractivity contribution is 5.88. The molecule has 29 heavy (non-hydrogen) atoms. The van der Waals surface area contributed by atoms with Crippen LogP contribution in [0.5, 0.6) is 0 Å². The lowest BCUT2D eigenvalue weighted by Gasteiger charge is -2.11. The molecular formula is C23H13F2N3O. The first-order valence-electron chi connectivity index (χ1n) is 8.91. The standard InChI is InChI=1S/C23H13F2N3O/c24-17-6-1-14(2-7-17)21-22(15-3-8-18(25)9-4-15)28-20-13-16(5-10-19(20)27-21)23-26-11-12-29-23/h1-13H. The van der Waals surface area contributed by atoms with Crippen LogP contribution in [0.25, 0.3) is 45.0 Å². The summed E-state index contributed by atoms with van der Waals surface area (Å²) in [5.74, 6) is -0.182. The van der Waals surface area contributed by atoms with Crippen molar-refractivity contribution in [3.63, 3.8) is 0 Å². The number of nitrogens with zero attached hydrogens (tertiary/aromatic N) is 3. The lowest BCUT2D eigenvalue weighted by Crippen LogP contribution is -1.96. The molecule has 0 N–H and O–H groups in total. The average molecular weight is 385 g/mol. The fourth-order valence-corrected chi connectivity index (χ4v) is 3.17. The van der Waals surface area contributed by atoms with E-state index < -0.39 is 0 Å². The molecule has 0 unspecified atom stereocenters. The van der Waals surface area contributed by atoms with Crippen LogP contribution in [0.4, 0.5) is 8.78 Å². The molecule has 0 atom stereocenters. The van der Waals surface area contributed by atoms with Crippen LogP contribution in [-0.4, -0.2) is 15.0 Å². The molecule has 5 rings (SSSR count). The number of hydrogen-bond donors (Lipinski definition) is 0. The first kappa shape index (κ1) is 17.2. The van der Waals surface area contributed by atoms with E-state index >= 15 is 0 Å². The van der Waals surface area contributed by atoms with Crippen molar-refractivity contribution >= 4 is 11.0 Å². The molecule has 0 amide bonds. The van der Waals surface area contributed by atoms with Crippen LogP contribution >= 0.6 is 0 Å². The molecule has 0 fully saturated rings. The van der Waals surface area contributed by atoms with Gasteiger partial charge in [-0.05, 0) is 66.7 Å². The van der Waals surface area contributed by atoms with Gasteiger partial charge in [0.05, 0.1) is 28.6 Å². The summed E-state index contributed by atoms with van der Waals surface area (Å²) in [6.07, 6.45) is 3.08. The maximum Gasteiger partial charge on any atom is 0.225 e. The second-order valence-electron chi connectivity index (χ2n) is 6.48. The molecule has 3 aromatic carbocycles. The molecule has 0 saturated carbocycles. The van der Waals surface area contributed by atoms with Crippen molar-refractivity contribution in [2.45, 2.75) is 0 Å². The van der Waals surface area contributed by atoms with Crippen molar-refractivity contribution in [3.8, 4) is 34.0 Å². The van der Waals surface area contributed by atoms with Crippen molar-refractivity contribution in [2.24, 2.45) is 0 Å². The first-order valence-corrected chi connectivity index (χ1v) is 8.91. The second-order valence-corrected chi connectivity index (χ2v) is 6.48. The Morgan fingerprint density at radius 3 is 1.72 bits per heavy atom. The SMILES string of the molecule is Fc1ccc(-c2nc3ccc(-c4ncco4)cc3nc2-c2ccc(F)cc2)cc1. The molecular weight excluding hydrogens is 372 g/mol. The maximum atomic E-state index is 13.4.